The Labute approximate surface area is 248 Å². The molecule has 1 N–H and O–H groups in total. The number of sulfonamides is 2. The quantitative estimate of drug-likeness (QED) is 0.236. The third-order valence-electron chi connectivity index (χ3n) is 7.66. The number of fused-ring (bicyclic) bond motifs is 7. The Morgan fingerprint density at radius 3 is 1.26 bits per heavy atom. The first-order chi connectivity index (χ1) is 20.7. The minimum absolute atomic E-state index is 0.166. The van der Waals surface area contributed by atoms with Gasteiger partial charge in [0.05, 0.1) is 33.1 Å². The van der Waals surface area contributed by atoms with Crippen LogP contribution in [0.1, 0.15) is 11.1 Å². The molecule has 6 aromatic rings. The fraction of sp³-hybridized carbons (Fsp3) is 0. The average Bonchev–Trinajstić information content (AvgIpc) is 3.09. The Balaban J connectivity index is 1.74. The molecule has 9 heteroatoms. The highest BCUT2D eigenvalue weighted by atomic mass is 32.3. The van der Waals surface area contributed by atoms with Crippen molar-refractivity contribution in [3.05, 3.63) is 120 Å². The smallest absolute Gasteiger partial charge is 0.206 e. The van der Waals surface area contributed by atoms with Gasteiger partial charge in [-0.3, -0.25) is 0 Å². The molecule has 43 heavy (non-hydrogen) atoms. The molecule has 0 saturated carbocycles. The maximum Gasteiger partial charge on any atom is 0.255 e. The van der Waals surface area contributed by atoms with E-state index in [1.165, 1.54) is 0 Å². The summed E-state index contributed by atoms with van der Waals surface area (Å²) in [5.74, 6) is 0. The Morgan fingerprint density at radius 1 is 0.512 bits per heavy atom. The Morgan fingerprint density at radius 2 is 0.884 bits per heavy atom. The van der Waals surface area contributed by atoms with E-state index < -0.39 is 20.0 Å². The van der Waals surface area contributed by atoms with Gasteiger partial charge in [0.15, 0.2) is 0 Å². The van der Waals surface area contributed by atoms with Gasteiger partial charge in [-0.2, -0.15) is 10.5 Å². The number of hydrogen-bond donors (Lipinski definition) is 1. The zero-order chi connectivity index (χ0) is 29.9. The van der Waals surface area contributed by atoms with Gasteiger partial charge in [0.1, 0.15) is 0 Å². The van der Waals surface area contributed by atoms with Gasteiger partial charge >= 0.3 is 0 Å². The van der Waals surface area contributed by atoms with Crippen LogP contribution in [0.25, 0.3) is 54.9 Å². The summed E-state index contributed by atoms with van der Waals surface area (Å²) >= 11 is 0. The highest BCUT2D eigenvalue weighted by Gasteiger charge is 2.40. The van der Waals surface area contributed by atoms with E-state index in [1.807, 2.05) is 28.4 Å². The number of nitriles is 2. The van der Waals surface area contributed by atoms with E-state index in [-0.39, 0.29) is 20.9 Å². The zero-order valence-electron chi connectivity index (χ0n) is 22.2. The van der Waals surface area contributed by atoms with Crippen molar-refractivity contribution < 1.29 is 16.8 Å². The largest absolute Gasteiger partial charge is 0.255 e. The normalized spacial score (nSPS) is 14.7. The molecular formula is C34H19N3O4S2. The van der Waals surface area contributed by atoms with Crippen LogP contribution in [0.3, 0.4) is 0 Å². The molecule has 0 amide bonds. The predicted octanol–water partition coefficient (Wildman–Crippen LogP) is 6.72. The van der Waals surface area contributed by atoms with Crippen molar-refractivity contribution in [2.75, 3.05) is 0 Å². The van der Waals surface area contributed by atoms with Crippen LogP contribution in [-0.2, 0) is 20.0 Å². The molecule has 1 aliphatic heterocycles. The first-order valence-corrected chi connectivity index (χ1v) is 16.1. The van der Waals surface area contributed by atoms with E-state index in [4.69, 9.17) is 0 Å². The predicted molar refractivity (Wildman–Crippen MR) is 165 cm³/mol. The summed E-state index contributed by atoms with van der Waals surface area (Å²) in [6, 6.07) is 35.1. The van der Waals surface area contributed by atoms with Crippen molar-refractivity contribution in [1.82, 2.24) is 4.13 Å². The summed E-state index contributed by atoms with van der Waals surface area (Å²) in [6.07, 6.45) is 0. The van der Waals surface area contributed by atoms with Crippen LogP contribution < -0.4 is 4.13 Å². The molecule has 206 valence electrons. The van der Waals surface area contributed by atoms with E-state index >= 15 is 0 Å². The molecule has 0 unspecified atom stereocenters. The molecular weight excluding hydrogens is 579 g/mol. The highest BCUT2D eigenvalue weighted by molar-refractivity contribution is 8.05. The lowest BCUT2D eigenvalue weighted by molar-refractivity contribution is 0.579. The van der Waals surface area contributed by atoms with Crippen molar-refractivity contribution in [3.63, 3.8) is 0 Å². The fourth-order valence-corrected chi connectivity index (χ4v) is 9.53. The first kappa shape index (κ1) is 26.6. The lowest BCUT2D eigenvalue weighted by Gasteiger charge is -2.19. The highest BCUT2D eigenvalue weighted by Crippen LogP contribution is 2.50. The van der Waals surface area contributed by atoms with E-state index in [1.54, 1.807) is 84.9 Å². The number of benzene rings is 6. The van der Waals surface area contributed by atoms with Gasteiger partial charge in [0.25, 0.3) is 20.0 Å². The summed E-state index contributed by atoms with van der Waals surface area (Å²) in [5, 5.41) is 21.2. The van der Waals surface area contributed by atoms with Crippen molar-refractivity contribution in [2.24, 2.45) is 0 Å². The lowest BCUT2D eigenvalue weighted by atomic mass is 9.88. The molecule has 0 fully saturated rings. The van der Waals surface area contributed by atoms with Crippen LogP contribution in [0.2, 0.25) is 0 Å². The molecule has 0 aliphatic carbocycles. The molecule has 0 bridgehead atoms. The van der Waals surface area contributed by atoms with Crippen LogP contribution in [0, 0.1) is 22.7 Å². The van der Waals surface area contributed by atoms with E-state index in [2.05, 4.69) is 12.1 Å². The van der Waals surface area contributed by atoms with Crippen molar-refractivity contribution in [1.29, 1.82) is 10.5 Å². The van der Waals surface area contributed by atoms with Crippen molar-refractivity contribution in [3.8, 4) is 45.5 Å². The van der Waals surface area contributed by atoms with Crippen LogP contribution in [0.15, 0.2) is 119 Å². The van der Waals surface area contributed by atoms with Gasteiger partial charge in [0.2, 0.25) is 0 Å². The summed E-state index contributed by atoms with van der Waals surface area (Å²) in [5.41, 5.74) is 2.99. The second-order valence-corrected chi connectivity index (χ2v) is 13.7. The van der Waals surface area contributed by atoms with Gasteiger partial charge in [-0.1, -0.05) is 72.8 Å². The van der Waals surface area contributed by atoms with E-state index in [9.17, 15) is 27.4 Å². The number of rotatable bonds is 2. The third kappa shape index (κ3) is 4.18. The summed E-state index contributed by atoms with van der Waals surface area (Å²) in [6.45, 7) is 0. The number of hydrogen-bond acceptors (Lipinski definition) is 6. The lowest BCUT2D eigenvalue weighted by Crippen LogP contribution is -2.30. The minimum Gasteiger partial charge on any atom is -0.206 e. The molecule has 7 rings (SSSR count). The van der Waals surface area contributed by atoms with Crippen molar-refractivity contribution in [2.45, 2.75) is 9.79 Å². The SMILES string of the molecule is N#Cc1ccc(-c2cc3ccccc3c3c2S(=O)(=O)NS(=O)(=O)c2c(-c4ccc(C#N)cc4)cc4ccccc4c2-3)cc1. The second kappa shape index (κ2) is 9.62. The minimum atomic E-state index is -4.66. The topological polar surface area (TPSA) is 128 Å². The zero-order valence-corrected chi connectivity index (χ0v) is 23.9. The van der Waals surface area contributed by atoms with E-state index in [0.717, 1.165) is 0 Å². The first-order valence-electron chi connectivity index (χ1n) is 13.1. The standard InChI is InChI=1S/C34H19N3O4S2/c35-19-21-9-13-23(14-10-21)29-17-25-5-1-3-7-27(25)31-32-28-8-4-2-6-26(28)18-30(24-15-11-22(20-36)12-16-24)34(32)43(40,41)37-42(38,39)33(29)31/h1-18,37H. The Bertz CT molecular complexity index is 2280. The number of nitrogens with one attached hydrogen (secondary N) is 1. The van der Waals surface area contributed by atoms with Crippen LogP contribution in [0.4, 0.5) is 0 Å². The summed E-state index contributed by atoms with van der Waals surface area (Å²) in [7, 11) is -9.33. The summed E-state index contributed by atoms with van der Waals surface area (Å²) in [4.78, 5) is -0.333. The summed E-state index contributed by atoms with van der Waals surface area (Å²) < 4.78 is 58.9. The Kier molecular flexibility index (Phi) is 5.94. The van der Waals surface area contributed by atoms with Crippen LogP contribution in [0.5, 0.6) is 0 Å². The molecule has 0 saturated heterocycles. The molecule has 1 heterocycles. The molecule has 0 radical (unpaired) electrons. The molecule has 0 spiro atoms. The maximum atomic E-state index is 14.2. The van der Waals surface area contributed by atoms with Gasteiger partial charge in [-0.25, -0.2) is 16.8 Å². The van der Waals surface area contributed by atoms with Gasteiger partial charge in [0, 0.05) is 22.3 Å². The molecule has 1 aliphatic rings. The molecule has 6 aromatic carbocycles. The second-order valence-electron chi connectivity index (χ2n) is 10.2. The maximum absolute atomic E-state index is 14.2. The average molecular weight is 598 g/mol. The van der Waals surface area contributed by atoms with Gasteiger partial charge < -0.3 is 0 Å². The van der Waals surface area contributed by atoms with Crippen LogP contribution >= 0.6 is 0 Å². The molecule has 0 aromatic heterocycles. The molecule has 0 atom stereocenters. The fourth-order valence-electron chi connectivity index (χ4n) is 5.82. The van der Waals surface area contributed by atoms with Gasteiger partial charge in [-0.15, -0.1) is 4.13 Å². The van der Waals surface area contributed by atoms with Gasteiger partial charge in [-0.05, 0) is 69.1 Å². The van der Waals surface area contributed by atoms with Crippen LogP contribution in [-0.4, -0.2) is 16.8 Å². The van der Waals surface area contributed by atoms with Crippen molar-refractivity contribution >= 4 is 41.6 Å². The molecule has 7 nitrogen and oxygen atoms in total. The monoisotopic (exact) mass is 597 g/mol. The van der Waals surface area contributed by atoms with E-state index in [0.29, 0.717) is 54.9 Å². The number of nitrogens with zero attached hydrogens (tertiary/aromatic N) is 2. The third-order valence-corrected chi connectivity index (χ3v) is 11.3. The Hall–Kier alpha value is -5.32.